The van der Waals surface area contributed by atoms with Gasteiger partial charge >= 0.3 is 0 Å². The number of hydrogen-bond acceptors (Lipinski definition) is 6. The van der Waals surface area contributed by atoms with Gasteiger partial charge in [0.25, 0.3) is 5.91 Å². The normalized spacial score (nSPS) is 10.1. The standard InChI is InChI=1S/C14H16N2O5/c1-8-5-12(16-21-8)15-14(17)13-10(19-3)6-9(18-2)7-11(13)20-4/h5-7H,1-4H3,(H,15,16,17). The van der Waals surface area contributed by atoms with Crippen molar-refractivity contribution in [2.24, 2.45) is 0 Å². The minimum Gasteiger partial charge on any atom is -0.496 e. The molecule has 0 aliphatic rings. The molecule has 0 saturated carbocycles. The Bertz CT molecular complexity index is 626. The summed E-state index contributed by atoms with van der Waals surface area (Å²) in [6.45, 7) is 1.73. The van der Waals surface area contributed by atoms with Crippen molar-refractivity contribution in [2.75, 3.05) is 26.6 Å². The molecule has 1 heterocycles. The molecule has 0 radical (unpaired) electrons. The summed E-state index contributed by atoms with van der Waals surface area (Å²) in [5.74, 6) is 1.70. The number of amides is 1. The number of aromatic nitrogens is 1. The molecule has 7 nitrogen and oxygen atoms in total. The van der Waals surface area contributed by atoms with Crippen LogP contribution in [0.5, 0.6) is 17.2 Å². The van der Waals surface area contributed by atoms with Crippen LogP contribution in [0.3, 0.4) is 0 Å². The third-order valence-electron chi connectivity index (χ3n) is 2.81. The second kappa shape index (κ2) is 6.17. The fraction of sp³-hybridized carbons (Fsp3) is 0.286. The maximum atomic E-state index is 12.4. The predicted molar refractivity (Wildman–Crippen MR) is 75.3 cm³/mol. The van der Waals surface area contributed by atoms with Gasteiger partial charge in [0.1, 0.15) is 28.6 Å². The first-order valence-electron chi connectivity index (χ1n) is 6.13. The number of nitrogens with one attached hydrogen (secondary N) is 1. The minimum atomic E-state index is -0.417. The van der Waals surface area contributed by atoms with Gasteiger partial charge < -0.3 is 24.1 Å². The van der Waals surface area contributed by atoms with Gasteiger partial charge in [0.05, 0.1) is 21.3 Å². The number of carbonyl (C=O) groups excluding carboxylic acids is 1. The Labute approximate surface area is 121 Å². The number of hydrogen-bond donors (Lipinski definition) is 1. The molecule has 21 heavy (non-hydrogen) atoms. The molecule has 0 spiro atoms. The highest BCUT2D eigenvalue weighted by Gasteiger charge is 2.21. The van der Waals surface area contributed by atoms with Crippen molar-refractivity contribution in [1.82, 2.24) is 5.16 Å². The number of ether oxygens (including phenoxy) is 3. The van der Waals surface area contributed by atoms with Crippen LogP contribution in [0.1, 0.15) is 16.1 Å². The van der Waals surface area contributed by atoms with Crippen LogP contribution in [0.2, 0.25) is 0 Å². The molecule has 0 atom stereocenters. The van der Waals surface area contributed by atoms with Crippen LogP contribution in [-0.2, 0) is 0 Å². The number of methoxy groups -OCH3 is 3. The Hall–Kier alpha value is -2.70. The molecule has 0 aliphatic heterocycles. The molecule has 1 aromatic carbocycles. The van der Waals surface area contributed by atoms with Crippen molar-refractivity contribution in [3.8, 4) is 17.2 Å². The number of anilines is 1. The quantitative estimate of drug-likeness (QED) is 0.910. The summed E-state index contributed by atoms with van der Waals surface area (Å²) >= 11 is 0. The van der Waals surface area contributed by atoms with E-state index in [1.807, 2.05) is 0 Å². The monoisotopic (exact) mass is 292 g/mol. The lowest BCUT2D eigenvalue weighted by Crippen LogP contribution is -2.15. The average Bonchev–Trinajstić information content (AvgIpc) is 2.90. The van der Waals surface area contributed by atoms with Crippen LogP contribution < -0.4 is 19.5 Å². The van der Waals surface area contributed by atoms with Crippen molar-refractivity contribution in [3.63, 3.8) is 0 Å². The first-order valence-corrected chi connectivity index (χ1v) is 6.13. The highest BCUT2D eigenvalue weighted by molar-refractivity contribution is 6.08. The molecule has 0 fully saturated rings. The lowest BCUT2D eigenvalue weighted by molar-refractivity contribution is 0.102. The van der Waals surface area contributed by atoms with E-state index in [1.54, 1.807) is 25.1 Å². The van der Waals surface area contributed by atoms with E-state index in [0.29, 0.717) is 28.8 Å². The van der Waals surface area contributed by atoms with E-state index in [9.17, 15) is 4.79 Å². The summed E-state index contributed by atoms with van der Waals surface area (Å²) < 4.78 is 20.5. The van der Waals surface area contributed by atoms with E-state index in [1.165, 1.54) is 21.3 Å². The first-order chi connectivity index (χ1) is 10.1. The minimum absolute atomic E-state index is 0.251. The molecule has 2 rings (SSSR count). The topological polar surface area (TPSA) is 82.8 Å². The summed E-state index contributed by atoms with van der Waals surface area (Å²) in [4.78, 5) is 12.4. The molecule has 112 valence electrons. The maximum Gasteiger partial charge on any atom is 0.264 e. The van der Waals surface area contributed by atoms with Gasteiger partial charge in [-0.3, -0.25) is 4.79 Å². The third kappa shape index (κ3) is 3.07. The Morgan fingerprint density at radius 3 is 2.14 bits per heavy atom. The Morgan fingerprint density at radius 2 is 1.71 bits per heavy atom. The van der Waals surface area contributed by atoms with E-state index < -0.39 is 5.91 Å². The van der Waals surface area contributed by atoms with Crippen LogP contribution in [0.15, 0.2) is 22.7 Å². The lowest BCUT2D eigenvalue weighted by atomic mass is 10.1. The van der Waals surface area contributed by atoms with Crippen LogP contribution in [0.25, 0.3) is 0 Å². The van der Waals surface area contributed by atoms with Crippen molar-refractivity contribution in [1.29, 1.82) is 0 Å². The van der Waals surface area contributed by atoms with E-state index in [2.05, 4.69) is 10.5 Å². The summed E-state index contributed by atoms with van der Waals surface area (Å²) in [7, 11) is 4.45. The number of rotatable bonds is 5. The van der Waals surface area contributed by atoms with Crippen molar-refractivity contribution < 1.29 is 23.5 Å². The largest absolute Gasteiger partial charge is 0.496 e. The average molecular weight is 292 g/mol. The SMILES string of the molecule is COc1cc(OC)c(C(=O)Nc2cc(C)on2)c(OC)c1. The van der Waals surface area contributed by atoms with Crippen LogP contribution in [0, 0.1) is 6.92 Å². The van der Waals surface area contributed by atoms with Gasteiger partial charge in [0, 0.05) is 18.2 Å². The fourth-order valence-corrected chi connectivity index (χ4v) is 1.83. The number of carbonyl (C=O) groups is 1. The second-order valence-corrected chi connectivity index (χ2v) is 4.18. The van der Waals surface area contributed by atoms with Gasteiger partial charge in [0.15, 0.2) is 5.82 Å². The summed E-state index contributed by atoms with van der Waals surface area (Å²) in [6, 6.07) is 4.82. The highest BCUT2D eigenvalue weighted by Crippen LogP contribution is 2.34. The molecule has 1 N–H and O–H groups in total. The molecule has 0 saturated heterocycles. The smallest absolute Gasteiger partial charge is 0.264 e. The van der Waals surface area contributed by atoms with E-state index >= 15 is 0 Å². The van der Waals surface area contributed by atoms with E-state index in [0.717, 1.165) is 0 Å². The van der Waals surface area contributed by atoms with Crippen LogP contribution in [0.4, 0.5) is 5.82 Å². The summed E-state index contributed by atoms with van der Waals surface area (Å²) in [6.07, 6.45) is 0. The van der Waals surface area contributed by atoms with Crippen LogP contribution in [-0.4, -0.2) is 32.4 Å². The molecular weight excluding hydrogens is 276 g/mol. The van der Waals surface area contributed by atoms with Gasteiger partial charge in [-0.25, -0.2) is 0 Å². The summed E-state index contributed by atoms with van der Waals surface area (Å²) in [5.41, 5.74) is 0.251. The Morgan fingerprint density at radius 1 is 1.10 bits per heavy atom. The van der Waals surface area contributed by atoms with Crippen LogP contribution >= 0.6 is 0 Å². The highest BCUT2D eigenvalue weighted by atomic mass is 16.5. The van der Waals surface area contributed by atoms with Gasteiger partial charge in [-0.05, 0) is 6.92 Å². The predicted octanol–water partition coefficient (Wildman–Crippen LogP) is 2.26. The molecule has 2 aromatic rings. The summed E-state index contributed by atoms with van der Waals surface area (Å²) in [5, 5.41) is 6.33. The van der Waals surface area contributed by atoms with Gasteiger partial charge in [-0.1, -0.05) is 5.16 Å². The molecule has 1 amide bonds. The molecule has 0 bridgehead atoms. The zero-order chi connectivity index (χ0) is 15.4. The van der Waals surface area contributed by atoms with Gasteiger partial charge in [-0.15, -0.1) is 0 Å². The molecule has 0 unspecified atom stereocenters. The Kier molecular flexibility index (Phi) is 4.32. The zero-order valence-corrected chi connectivity index (χ0v) is 12.2. The van der Waals surface area contributed by atoms with Crippen molar-refractivity contribution >= 4 is 11.7 Å². The maximum absolute atomic E-state index is 12.4. The first kappa shape index (κ1) is 14.7. The van der Waals surface area contributed by atoms with E-state index in [4.69, 9.17) is 18.7 Å². The zero-order valence-electron chi connectivity index (χ0n) is 12.2. The van der Waals surface area contributed by atoms with Crippen molar-refractivity contribution in [2.45, 2.75) is 6.92 Å². The molecule has 1 aromatic heterocycles. The fourth-order valence-electron chi connectivity index (χ4n) is 1.83. The second-order valence-electron chi connectivity index (χ2n) is 4.18. The third-order valence-corrected chi connectivity index (χ3v) is 2.81. The van der Waals surface area contributed by atoms with Crippen molar-refractivity contribution in [3.05, 3.63) is 29.5 Å². The van der Waals surface area contributed by atoms with E-state index in [-0.39, 0.29) is 5.56 Å². The number of nitrogens with zero attached hydrogens (tertiary/aromatic N) is 1. The Balaban J connectivity index is 2.38. The van der Waals surface area contributed by atoms with Gasteiger partial charge in [0.2, 0.25) is 0 Å². The lowest BCUT2D eigenvalue weighted by Gasteiger charge is -2.14. The van der Waals surface area contributed by atoms with Gasteiger partial charge in [-0.2, -0.15) is 0 Å². The molecular formula is C14H16N2O5. The molecule has 7 heteroatoms. The molecule has 0 aliphatic carbocycles. The number of aryl methyl sites for hydroxylation is 1. The number of benzene rings is 1.